The maximum absolute atomic E-state index is 12.6. The van der Waals surface area contributed by atoms with E-state index in [0.717, 1.165) is 17.8 Å². The van der Waals surface area contributed by atoms with Crippen LogP contribution in [0.3, 0.4) is 0 Å². The number of alkyl halides is 3. The van der Waals surface area contributed by atoms with E-state index < -0.39 is 11.7 Å². The molecule has 0 fully saturated rings. The summed E-state index contributed by atoms with van der Waals surface area (Å²) in [6.45, 7) is 4.38. The van der Waals surface area contributed by atoms with Crippen molar-refractivity contribution in [1.82, 2.24) is 9.78 Å². The average molecular weight is 339 g/mol. The Bertz CT molecular complexity index is 645. The molecule has 0 N–H and O–H groups in total. The summed E-state index contributed by atoms with van der Waals surface area (Å²) < 4.78 is 45.0. The normalized spacial score (nSPS) is 11.8. The summed E-state index contributed by atoms with van der Waals surface area (Å²) in [6, 6.07) is 3.19. The molecular weight excluding hydrogens is 328 g/mol. The van der Waals surface area contributed by atoms with Crippen molar-refractivity contribution in [1.29, 1.82) is 0 Å². The third-order valence-corrected chi connectivity index (χ3v) is 3.35. The Balaban J connectivity index is 2.36. The molecule has 114 valence electrons. The van der Waals surface area contributed by atoms with E-state index in [1.54, 1.807) is 10.7 Å². The number of hydrogen-bond acceptors (Lipinski definition) is 2. The number of aromatic nitrogens is 2. The van der Waals surface area contributed by atoms with Crippen molar-refractivity contribution >= 4 is 23.2 Å². The lowest BCUT2D eigenvalue weighted by Crippen LogP contribution is -2.05. The highest BCUT2D eigenvalue weighted by atomic mass is 35.5. The minimum Gasteiger partial charge on any atom is -0.434 e. The van der Waals surface area contributed by atoms with E-state index in [1.165, 1.54) is 0 Å². The SMILES string of the molecule is CCn1nc(Oc2c(Cl)cc(C(F)(F)F)cc2Cl)cc1C. The zero-order chi connectivity index (χ0) is 15.8. The molecule has 8 heteroatoms. The lowest BCUT2D eigenvalue weighted by molar-refractivity contribution is -0.137. The van der Waals surface area contributed by atoms with E-state index in [1.807, 2.05) is 13.8 Å². The molecule has 0 aliphatic carbocycles. The second-order valence-corrected chi connectivity index (χ2v) is 5.12. The van der Waals surface area contributed by atoms with Gasteiger partial charge in [-0.1, -0.05) is 23.2 Å². The van der Waals surface area contributed by atoms with Crippen LogP contribution in [0.1, 0.15) is 18.2 Å². The lowest BCUT2D eigenvalue weighted by atomic mass is 10.2. The van der Waals surface area contributed by atoms with Gasteiger partial charge in [-0.05, 0) is 26.0 Å². The number of hydrogen-bond donors (Lipinski definition) is 0. The molecule has 3 nitrogen and oxygen atoms in total. The van der Waals surface area contributed by atoms with Crippen LogP contribution in [0, 0.1) is 6.92 Å². The Kier molecular flexibility index (Phi) is 4.39. The molecule has 0 bridgehead atoms. The summed E-state index contributed by atoms with van der Waals surface area (Å²) in [5.41, 5.74) is -0.0771. The molecule has 0 amide bonds. The molecule has 1 heterocycles. The molecule has 2 aromatic rings. The van der Waals surface area contributed by atoms with Gasteiger partial charge in [0.25, 0.3) is 0 Å². The van der Waals surface area contributed by atoms with Crippen LogP contribution in [0.4, 0.5) is 13.2 Å². The highest BCUT2D eigenvalue weighted by Gasteiger charge is 2.32. The fraction of sp³-hybridized carbons (Fsp3) is 0.308. The van der Waals surface area contributed by atoms with Crippen molar-refractivity contribution in [2.45, 2.75) is 26.6 Å². The Morgan fingerprint density at radius 2 is 1.76 bits per heavy atom. The molecule has 0 saturated carbocycles. The molecule has 21 heavy (non-hydrogen) atoms. The van der Waals surface area contributed by atoms with Gasteiger partial charge in [-0.2, -0.15) is 13.2 Å². The van der Waals surface area contributed by atoms with Crippen molar-refractivity contribution in [2.75, 3.05) is 0 Å². The predicted molar refractivity (Wildman–Crippen MR) is 74.2 cm³/mol. The highest BCUT2D eigenvalue weighted by molar-refractivity contribution is 6.37. The molecule has 0 radical (unpaired) electrons. The predicted octanol–water partition coefficient (Wildman–Crippen LogP) is 5.33. The maximum Gasteiger partial charge on any atom is 0.416 e. The molecule has 1 aromatic heterocycles. The van der Waals surface area contributed by atoms with Gasteiger partial charge in [0.2, 0.25) is 5.88 Å². The number of ether oxygens (including phenoxy) is 1. The molecule has 0 aliphatic rings. The van der Waals surface area contributed by atoms with Gasteiger partial charge in [-0.3, -0.25) is 4.68 Å². The Labute approximate surface area is 129 Å². The van der Waals surface area contributed by atoms with Crippen LogP contribution in [0.15, 0.2) is 18.2 Å². The molecular formula is C13H11Cl2F3N2O. The van der Waals surface area contributed by atoms with Crippen LogP contribution >= 0.6 is 23.2 Å². The van der Waals surface area contributed by atoms with Gasteiger partial charge in [0.05, 0.1) is 15.6 Å². The molecule has 0 aliphatic heterocycles. The van der Waals surface area contributed by atoms with E-state index in [2.05, 4.69) is 5.10 Å². The van der Waals surface area contributed by atoms with Gasteiger partial charge in [-0.15, -0.1) is 5.10 Å². The summed E-state index contributed by atoms with van der Waals surface area (Å²) in [6.07, 6.45) is -4.52. The molecule has 1 aromatic carbocycles. The van der Waals surface area contributed by atoms with Crippen LogP contribution in [-0.4, -0.2) is 9.78 Å². The van der Waals surface area contributed by atoms with Crippen LogP contribution < -0.4 is 4.74 Å². The monoisotopic (exact) mass is 338 g/mol. The molecule has 0 atom stereocenters. The van der Waals surface area contributed by atoms with E-state index in [4.69, 9.17) is 27.9 Å². The molecule has 0 spiro atoms. The third kappa shape index (κ3) is 3.44. The summed E-state index contributed by atoms with van der Waals surface area (Å²) >= 11 is 11.7. The van der Waals surface area contributed by atoms with Crippen LogP contribution in [0.5, 0.6) is 11.6 Å². The first-order valence-electron chi connectivity index (χ1n) is 6.01. The first-order valence-corrected chi connectivity index (χ1v) is 6.76. The molecule has 2 rings (SSSR count). The minimum atomic E-state index is -4.52. The number of nitrogens with zero attached hydrogens (tertiary/aromatic N) is 2. The maximum atomic E-state index is 12.6. The van der Waals surface area contributed by atoms with E-state index in [9.17, 15) is 13.2 Å². The van der Waals surface area contributed by atoms with Gasteiger partial charge in [0.15, 0.2) is 5.75 Å². The van der Waals surface area contributed by atoms with E-state index in [-0.39, 0.29) is 21.7 Å². The van der Waals surface area contributed by atoms with E-state index in [0.29, 0.717) is 6.54 Å². The van der Waals surface area contributed by atoms with Crippen LogP contribution in [-0.2, 0) is 12.7 Å². The van der Waals surface area contributed by atoms with Crippen molar-refractivity contribution < 1.29 is 17.9 Å². The smallest absolute Gasteiger partial charge is 0.416 e. The zero-order valence-corrected chi connectivity index (χ0v) is 12.6. The van der Waals surface area contributed by atoms with Crippen LogP contribution in [0.2, 0.25) is 10.0 Å². The number of aryl methyl sites for hydroxylation is 2. The molecule has 0 unspecified atom stereocenters. The van der Waals surface area contributed by atoms with Gasteiger partial charge in [-0.25, -0.2) is 0 Å². The fourth-order valence-electron chi connectivity index (χ4n) is 1.78. The van der Waals surface area contributed by atoms with E-state index >= 15 is 0 Å². The Morgan fingerprint density at radius 1 is 1.19 bits per heavy atom. The Morgan fingerprint density at radius 3 is 2.19 bits per heavy atom. The number of halogens is 5. The van der Waals surface area contributed by atoms with Crippen molar-refractivity contribution in [3.63, 3.8) is 0 Å². The summed E-state index contributed by atoms with van der Waals surface area (Å²) in [5, 5.41) is 3.68. The quantitative estimate of drug-likeness (QED) is 0.756. The number of rotatable bonds is 3. The first-order chi connectivity index (χ1) is 9.72. The van der Waals surface area contributed by atoms with Gasteiger partial charge in [0, 0.05) is 18.3 Å². The average Bonchev–Trinajstić information content (AvgIpc) is 2.72. The topological polar surface area (TPSA) is 27.1 Å². The van der Waals surface area contributed by atoms with Gasteiger partial charge >= 0.3 is 6.18 Å². The van der Waals surface area contributed by atoms with Crippen molar-refractivity contribution in [2.24, 2.45) is 0 Å². The van der Waals surface area contributed by atoms with Crippen molar-refractivity contribution in [3.8, 4) is 11.6 Å². The largest absolute Gasteiger partial charge is 0.434 e. The van der Waals surface area contributed by atoms with Crippen molar-refractivity contribution in [3.05, 3.63) is 39.5 Å². The third-order valence-electron chi connectivity index (χ3n) is 2.79. The summed E-state index contributed by atoms with van der Waals surface area (Å²) in [5.74, 6) is 0.171. The highest BCUT2D eigenvalue weighted by Crippen LogP contribution is 2.41. The Hall–Kier alpha value is -1.40. The standard InChI is InChI=1S/C13H11Cl2F3N2O/c1-3-20-7(2)4-11(19-20)21-12-9(14)5-8(6-10(12)15)13(16,17)18/h4-6H,3H2,1-2H3. The summed E-state index contributed by atoms with van der Waals surface area (Å²) in [4.78, 5) is 0. The second-order valence-electron chi connectivity index (χ2n) is 4.31. The lowest BCUT2D eigenvalue weighted by Gasteiger charge is -2.11. The van der Waals surface area contributed by atoms with Gasteiger partial charge < -0.3 is 4.74 Å². The number of benzene rings is 1. The minimum absolute atomic E-state index is 0.0490. The molecule has 0 saturated heterocycles. The van der Waals surface area contributed by atoms with Gasteiger partial charge in [0.1, 0.15) is 0 Å². The zero-order valence-electron chi connectivity index (χ0n) is 11.1. The second kappa shape index (κ2) is 5.77. The fourth-order valence-corrected chi connectivity index (χ4v) is 2.34. The first kappa shape index (κ1) is 16.0. The van der Waals surface area contributed by atoms with Crippen LogP contribution in [0.25, 0.3) is 0 Å². The summed E-state index contributed by atoms with van der Waals surface area (Å²) in [7, 11) is 0.